The number of carbonyl (C=O) groups excluding carboxylic acids is 1. The summed E-state index contributed by atoms with van der Waals surface area (Å²) >= 11 is 0. The molecule has 1 aliphatic heterocycles. The fraction of sp³-hybridized carbons (Fsp3) is 0.783. The zero-order valence-corrected chi connectivity index (χ0v) is 24.6. The molecule has 2 heterocycles. The van der Waals surface area contributed by atoms with Crippen molar-refractivity contribution in [1.82, 2.24) is 9.55 Å². The van der Waals surface area contributed by atoms with Crippen LogP contribution in [0.15, 0.2) is 11.0 Å². The quantitative estimate of drug-likeness (QED) is 0.410. The predicted octanol–water partition coefficient (Wildman–Crippen LogP) is 3.96. The van der Waals surface area contributed by atoms with Crippen molar-refractivity contribution in [3.63, 3.8) is 0 Å². The van der Waals surface area contributed by atoms with Gasteiger partial charge in [0.15, 0.2) is 29.1 Å². The van der Waals surface area contributed by atoms with Crippen molar-refractivity contribution in [1.29, 1.82) is 0 Å². The fourth-order valence-electron chi connectivity index (χ4n) is 3.25. The molecule has 0 bridgehead atoms. The van der Waals surface area contributed by atoms with Crippen molar-refractivity contribution in [3.05, 3.63) is 22.2 Å². The first-order valence-corrected chi connectivity index (χ1v) is 17.5. The van der Waals surface area contributed by atoms with Crippen LogP contribution < -0.4 is 11.4 Å². The maximum Gasteiger partial charge on any atom is 0.351 e. The van der Waals surface area contributed by atoms with Gasteiger partial charge < -0.3 is 24.1 Å². The van der Waals surface area contributed by atoms with E-state index in [2.05, 4.69) is 72.7 Å². The molecule has 34 heavy (non-hydrogen) atoms. The Bertz CT molecular complexity index is 936. The molecule has 2 unspecified atom stereocenters. The highest BCUT2D eigenvalue weighted by atomic mass is 28.4. The number of aromatic nitrogens is 2. The summed E-state index contributed by atoms with van der Waals surface area (Å²) in [7, 11) is -2.74. The van der Waals surface area contributed by atoms with Gasteiger partial charge in [-0.1, -0.05) is 41.5 Å². The average Bonchev–Trinajstić information content (AvgIpc) is 3.01. The molecule has 2 N–H and O–H groups in total. The first-order chi connectivity index (χ1) is 15.4. The molecular formula is C23H43N3O6Si2. The number of hydrogen-bond acceptors (Lipinski definition) is 8. The lowest BCUT2D eigenvalue weighted by Crippen LogP contribution is -2.51. The molecule has 4 atom stereocenters. The molecule has 1 fully saturated rings. The molecule has 1 aliphatic rings. The van der Waals surface area contributed by atoms with Gasteiger partial charge in [-0.05, 0) is 36.3 Å². The number of nitrogens with two attached hydrogens (primary N) is 1. The molecule has 2 rings (SSSR count). The number of anilines is 1. The number of carbonyl (C=O) groups is 1. The van der Waals surface area contributed by atoms with Crippen molar-refractivity contribution in [2.75, 3.05) is 19.5 Å². The number of aldehydes is 1. The van der Waals surface area contributed by atoms with E-state index in [0.717, 1.165) is 0 Å². The maximum atomic E-state index is 12.7. The second-order valence-corrected chi connectivity index (χ2v) is 21.6. The van der Waals surface area contributed by atoms with Gasteiger partial charge >= 0.3 is 5.69 Å². The molecule has 0 saturated carbocycles. The number of nitrogens with zero attached hydrogens (tertiary/aromatic N) is 2. The van der Waals surface area contributed by atoms with Crippen LogP contribution in [0.4, 0.5) is 5.82 Å². The van der Waals surface area contributed by atoms with Gasteiger partial charge in [0.25, 0.3) is 0 Å². The Morgan fingerprint density at radius 3 is 2.12 bits per heavy atom. The van der Waals surface area contributed by atoms with Crippen molar-refractivity contribution in [2.24, 2.45) is 0 Å². The molecule has 194 valence electrons. The van der Waals surface area contributed by atoms with Gasteiger partial charge in [-0.25, -0.2) is 4.79 Å². The second-order valence-electron chi connectivity index (χ2n) is 12.1. The van der Waals surface area contributed by atoms with Crippen LogP contribution in [0.3, 0.4) is 0 Å². The Morgan fingerprint density at radius 1 is 1.09 bits per heavy atom. The van der Waals surface area contributed by atoms with Gasteiger partial charge in [0.05, 0.1) is 12.2 Å². The molecule has 0 aliphatic carbocycles. The third-order valence-corrected chi connectivity index (χ3v) is 16.6. The summed E-state index contributed by atoms with van der Waals surface area (Å²) in [6.45, 7) is 22.0. The highest BCUT2D eigenvalue weighted by Gasteiger charge is 2.52. The molecule has 1 saturated heterocycles. The number of ether oxygens (including phenoxy) is 2. The van der Waals surface area contributed by atoms with Crippen molar-refractivity contribution in [2.45, 2.75) is 102 Å². The van der Waals surface area contributed by atoms with Crippen LogP contribution in [0.2, 0.25) is 36.3 Å². The van der Waals surface area contributed by atoms with E-state index in [4.69, 9.17) is 24.1 Å². The summed E-state index contributed by atoms with van der Waals surface area (Å²) in [4.78, 5) is 28.0. The van der Waals surface area contributed by atoms with Crippen LogP contribution in [-0.2, 0) is 18.3 Å². The Morgan fingerprint density at radius 2 is 1.65 bits per heavy atom. The average molecular weight is 514 g/mol. The Hall–Kier alpha value is -1.38. The van der Waals surface area contributed by atoms with Crippen LogP contribution in [-0.4, -0.2) is 64.5 Å². The third kappa shape index (κ3) is 5.88. The zero-order valence-electron chi connectivity index (χ0n) is 22.6. The standard InChI is InChI=1S/C23H43N3O6Si2/c1-22(2,3)33(8,9)30-14-16-17(32-34(10,11)23(4,5)6)18(29-7)20(31-16)26-12-15(13-27)19(24)25-21(26)28/h12-13,16-18,20H,14H2,1-11H3,(H2,24,25,28)/t16-,17?,18?,20-/m1/s1. The number of hydrogen-bond donors (Lipinski definition) is 1. The first kappa shape index (κ1) is 28.9. The van der Waals surface area contributed by atoms with E-state index in [1.807, 2.05) is 0 Å². The highest BCUT2D eigenvalue weighted by molar-refractivity contribution is 6.74. The molecule has 1 aromatic rings. The van der Waals surface area contributed by atoms with E-state index in [9.17, 15) is 9.59 Å². The van der Waals surface area contributed by atoms with Crippen LogP contribution in [0.5, 0.6) is 0 Å². The lowest BCUT2D eigenvalue weighted by Gasteiger charge is -2.41. The monoisotopic (exact) mass is 513 g/mol. The Balaban J connectivity index is 2.50. The molecule has 0 aromatic carbocycles. The van der Waals surface area contributed by atoms with Crippen molar-refractivity contribution >= 4 is 28.7 Å². The van der Waals surface area contributed by atoms with Crippen molar-refractivity contribution in [3.8, 4) is 0 Å². The maximum absolute atomic E-state index is 12.7. The summed E-state index contributed by atoms with van der Waals surface area (Å²) in [6.07, 6.45) is -0.449. The largest absolute Gasteiger partial charge is 0.414 e. The van der Waals surface area contributed by atoms with Crippen LogP contribution in [0, 0.1) is 0 Å². The SMILES string of the molecule is COC1C(O[Si](C)(C)C(C)(C)C)[C@@H](CO[Si](C)(C)C(C)(C)C)O[C@H]1n1cc(C=O)c(N)nc1=O. The Labute approximate surface area is 205 Å². The molecule has 0 spiro atoms. The van der Waals surface area contributed by atoms with Crippen molar-refractivity contribution < 1.29 is 23.1 Å². The van der Waals surface area contributed by atoms with Gasteiger partial charge in [0.1, 0.15) is 24.1 Å². The molecule has 1 aromatic heterocycles. The van der Waals surface area contributed by atoms with Gasteiger partial charge in [0, 0.05) is 13.3 Å². The van der Waals surface area contributed by atoms with E-state index < -0.39 is 46.9 Å². The zero-order chi connectivity index (χ0) is 26.3. The minimum atomic E-state index is -2.24. The van der Waals surface area contributed by atoms with Gasteiger partial charge in [-0.2, -0.15) is 4.98 Å². The molecule has 9 nitrogen and oxygen atoms in total. The summed E-state index contributed by atoms with van der Waals surface area (Å²) in [5.41, 5.74) is 5.22. The molecule has 0 amide bonds. The van der Waals surface area contributed by atoms with E-state index in [1.165, 1.54) is 10.8 Å². The first-order valence-electron chi connectivity index (χ1n) is 11.7. The lowest BCUT2D eigenvalue weighted by molar-refractivity contribution is -0.0612. The summed E-state index contributed by atoms with van der Waals surface area (Å²) in [6, 6.07) is 0. The normalized spacial score (nSPS) is 24.4. The summed E-state index contributed by atoms with van der Waals surface area (Å²) in [5, 5.41) is -0.0172. The van der Waals surface area contributed by atoms with Gasteiger partial charge in [0.2, 0.25) is 0 Å². The topological polar surface area (TPSA) is 115 Å². The van der Waals surface area contributed by atoms with E-state index in [1.54, 1.807) is 7.11 Å². The van der Waals surface area contributed by atoms with Crippen LogP contribution >= 0.6 is 0 Å². The summed E-state index contributed by atoms with van der Waals surface area (Å²) in [5.74, 6) is -0.116. The number of rotatable bonds is 8. The lowest BCUT2D eigenvalue weighted by atomic mass is 10.1. The van der Waals surface area contributed by atoms with E-state index >= 15 is 0 Å². The van der Waals surface area contributed by atoms with E-state index in [-0.39, 0.29) is 21.5 Å². The number of nitrogen functional groups attached to an aromatic ring is 1. The Kier molecular flexibility index (Phi) is 8.44. The molecular weight excluding hydrogens is 470 g/mol. The second kappa shape index (κ2) is 9.94. The van der Waals surface area contributed by atoms with Gasteiger partial charge in [-0.15, -0.1) is 0 Å². The molecule has 0 radical (unpaired) electrons. The smallest absolute Gasteiger partial charge is 0.351 e. The predicted molar refractivity (Wildman–Crippen MR) is 138 cm³/mol. The van der Waals surface area contributed by atoms with Gasteiger partial charge in [-0.3, -0.25) is 9.36 Å². The third-order valence-electron chi connectivity index (χ3n) is 7.62. The van der Waals surface area contributed by atoms with Crippen LogP contribution in [0.1, 0.15) is 58.1 Å². The highest BCUT2D eigenvalue weighted by Crippen LogP contribution is 2.43. The summed E-state index contributed by atoms with van der Waals surface area (Å²) < 4.78 is 26.8. The fourth-order valence-corrected chi connectivity index (χ4v) is 5.59. The number of methoxy groups -OCH3 is 1. The van der Waals surface area contributed by atoms with Crippen LogP contribution in [0.25, 0.3) is 0 Å². The molecule has 11 heteroatoms. The van der Waals surface area contributed by atoms with E-state index in [0.29, 0.717) is 12.9 Å². The minimum Gasteiger partial charge on any atom is -0.414 e. The minimum absolute atomic E-state index is 0.0259.